The zero-order valence-electron chi connectivity index (χ0n) is 81.1. The van der Waals surface area contributed by atoms with Crippen molar-refractivity contribution in [3.8, 4) is 0 Å². The first-order valence-corrected chi connectivity index (χ1v) is 48.7. The molecule has 0 aromatic rings. The van der Waals surface area contributed by atoms with E-state index in [-0.39, 0.29) is 159 Å². The molecule has 808 valence electrons. The smallest absolute Gasteiger partial charge is 0.215 e. The van der Waals surface area contributed by atoms with E-state index in [1.807, 2.05) is 18.2 Å². The number of aliphatic hydroxyl groups excluding tert-OH is 8. The second kappa shape index (κ2) is 49.8. The fraction of sp³-hybridized carbons (Fsp3) is 0.864. The van der Waals surface area contributed by atoms with Crippen LogP contribution in [0.1, 0.15) is 124 Å². The second-order valence-corrected chi connectivity index (χ2v) is 40.7. The van der Waals surface area contributed by atoms with E-state index in [9.17, 15) is 85.9 Å². The predicted octanol–water partition coefficient (Wildman–Crippen LogP) is -15.4. The minimum absolute atomic E-state index is 0.0378. The second-order valence-electron chi connectivity index (χ2n) is 40.7. The van der Waals surface area contributed by atoms with Crippen LogP contribution in [0.5, 0.6) is 0 Å². The summed E-state index contributed by atoms with van der Waals surface area (Å²) in [5.41, 5.74) is 71.9. The lowest BCUT2D eigenvalue weighted by atomic mass is 9.69. The van der Waals surface area contributed by atoms with Gasteiger partial charge in [-0.1, -0.05) is 0 Å². The maximum Gasteiger partial charge on any atom is 0.215 e. The number of nitrogens with zero attached hydrogens (tertiary/aromatic N) is 3. The summed E-state index contributed by atoms with van der Waals surface area (Å²) in [6.07, 6.45) is -15.2. The molecule has 53 nitrogen and oxygen atoms in total. The van der Waals surface area contributed by atoms with E-state index in [2.05, 4.69) is 52.2 Å². The van der Waals surface area contributed by atoms with Gasteiger partial charge in [0.15, 0.2) is 54.1 Å². The lowest BCUT2D eigenvalue weighted by molar-refractivity contribution is -0.308. The molecule has 141 heavy (non-hydrogen) atoms. The van der Waals surface area contributed by atoms with Gasteiger partial charge in [-0.05, 0) is 142 Å². The van der Waals surface area contributed by atoms with Gasteiger partial charge in [0.2, 0.25) is 18.9 Å². The third-order valence-corrected chi connectivity index (χ3v) is 29.2. The standard InChI is InChI=1S/C30H56N8O10.C29H54N8O10.C29H52N8O9/c1-29(43)13-45-27(22(42)25(29)36-2)47-23-14(8-20(40)30(44)9-15(10-30)38-28(34)35)7-18(33)24(21(23)41)48-26-19(4-3-17(11-32)46-26)37-12-16(39)5-6-31;1-28(42)12-44-26(21(41)24(28)35-2)46-22-13(8-19(39)29(43)9-18(29)37-27(33)34)7-16(32)23(20(22)40)47-25-17(4-3-15(10-31)45-25)36-11-14(38)5-6-30;1-28(41)12-43-26(21(40)24(28)34-2)45-22-13(6-19(38)29(42)7-14(8-29)37-27(32)33)5-17(31)23(20(22)39)46-25-18(36-15-10-35-11-15)4-3-16(9-30)44-25/h3,14-16,18-19,21-27,36-37,39,41-44H,4-13,31-33H2,1-2H3,(H4,34,35,38);3,13-14,16-18,20-26,35-36,38,40-43H,4-12,30-32H2,1-2H3,(H4,33,34,37);3,13-15,17-18,20-26,34-36,39-42H,4-12,30-31H2,1-2H3,(H4,32,33,37)/t14-,15?,16?,18-,19+,21+,22+,23-,24?,25+,26+,27+,29-,30?;13-,14?,16-,17+,18?,20+,21+,22-,23?,24+,25+,26+,28-,29?;13-,14?,17-,18+,20+,21+,22-,23?,24+,25+,26+,28-,29?/m000/s1. The Labute approximate surface area is 819 Å². The number of ketones is 3. The van der Waals surface area contributed by atoms with Gasteiger partial charge in [-0.2, -0.15) is 0 Å². The van der Waals surface area contributed by atoms with Crippen LogP contribution in [-0.2, 0) is 71.2 Å². The number of nitrogens with two attached hydrogens (primary N) is 14. The van der Waals surface area contributed by atoms with Crippen LogP contribution in [0.25, 0.3) is 0 Å². The van der Waals surface area contributed by atoms with Gasteiger partial charge in [0.25, 0.3) is 0 Å². The predicted molar refractivity (Wildman–Crippen MR) is 505 cm³/mol. The van der Waals surface area contributed by atoms with E-state index in [1.165, 1.54) is 20.8 Å². The molecule has 10 fully saturated rings. The van der Waals surface area contributed by atoms with Crippen LogP contribution in [0.15, 0.2) is 50.5 Å². The molecule has 49 N–H and O–H groups in total. The fourth-order valence-electron chi connectivity index (χ4n) is 21.1. The van der Waals surface area contributed by atoms with Crippen molar-refractivity contribution in [1.29, 1.82) is 0 Å². The Morgan fingerprint density at radius 1 is 0.440 bits per heavy atom. The average molecular weight is 2020 g/mol. The van der Waals surface area contributed by atoms with Crippen LogP contribution >= 0.6 is 0 Å². The molecule has 0 spiro atoms. The van der Waals surface area contributed by atoms with E-state index in [4.69, 9.17) is 137 Å². The van der Waals surface area contributed by atoms with Crippen LogP contribution < -0.4 is 117 Å². The number of Topliss-reactive ketones (excluding diaryl/α,β-unsaturated/α-hetero) is 3. The SMILES string of the molecule is CN[C@@H]1[C@@H](O)[C@@H](O[C@H]2[C@H](CC(=O)C3(O)CC(N=C(N)N)C3)C[C@H](N)C(O[C@H]3OC(CN)=CC[C@H]3NC3CNC3)[C@@H]2O)OC[C@]1(C)O.CN[C@@H]1[C@@H](O)[C@@H](O[C@H]2[C@H](CC(=O)C3(O)CC(N=C(N)N)C3)C[C@H](N)C(O[C@H]3OC(CN)=CC[C@H]3NCC(O)CCN)[C@@H]2O)OC[C@]1(C)O.CN[C@@H]1[C@@H](O)[C@@H](O[C@H]2[C@H](CC(=O)C3(O)CC3N=C(N)N)C[C@H](N)C(O[C@H]3OC(CN)=CC[C@H]3NCC(O)CCN)[C@@H]2O)OC[C@]1(C)O. The van der Waals surface area contributed by atoms with Crippen molar-refractivity contribution in [2.24, 2.45) is 113 Å². The number of aliphatic imine (C=N–C) groups is 3. The Morgan fingerprint density at radius 2 is 0.745 bits per heavy atom. The Balaban J connectivity index is 0.000000202. The van der Waals surface area contributed by atoms with E-state index < -0.39 is 252 Å². The van der Waals surface area contributed by atoms with Crippen LogP contribution in [0.3, 0.4) is 0 Å². The first-order chi connectivity index (χ1) is 66.5. The maximum atomic E-state index is 13.5. The summed E-state index contributed by atoms with van der Waals surface area (Å²) in [6.45, 7) is 7.05. The largest absolute Gasteiger partial charge is 0.467 e. The van der Waals surface area contributed by atoms with Gasteiger partial charge in [0.05, 0.1) is 124 Å². The van der Waals surface area contributed by atoms with Crippen molar-refractivity contribution < 1.29 is 143 Å². The zero-order valence-corrected chi connectivity index (χ0v) is 81.1. The number of carbonyl (C=O) groups excluding carboxylic acids is 3. The molecule has 7 aliphatic heterocycles. The van der Waals surface area contributed by atoms with Crippen molar-refractivity contribution in [2.45, 2.75) is 359 Å². The third-order valence-electron chi connectivity index (χ3n) is 29.2. The molecule has 7 heterocycles. The summed E-state index contributed by atoms with van der Waals surface area (Å²) in [7, 11) is 4.74. The topological polar surface area (TPSA) is 931 Å². The third kappa shape index (κ3) is 28.5. The van der Waals surface area contributed by atoms with Gasteiger partial charge in [0.1, 0.15) is 106 Å². The van der Waals surface area contributed by atoms with Crippen molar-refractivity contribution in [1.82, 2.24) is 37.2 Å². The fourth-order valence-corrected chi connectivity index (χ4v) is 21.1. The molecule has 0 bridgehead atoms. The number of likely N-dealkylation sites (N-methyl/N-ethyl adjacent to an activating group) is 3. The van der Waals surface area contributed by atoms with Crippen molar-refractivity contribution >= 4 is 35.2 Å². The van der Waals surface area contributed by atoms with Gasteiger partial charge in [0, 0.05) is 102 Å². The zero-order chi connectivity index (χ0) is 103. The Kier molecular flexibility index (Phi) is 40.7. The van der Waals surface area contributed by atoms with Gasteiger partial charge in [-0.3, -0.25) is 24.4 Å². The Bertz CT molecular complexity index is 4210. The van der Waals surface area contributed by atoms with Crippen LogP contribution in [0, 0.1) is 17.8 Å². The van der Waals surface area contributed by atoms with Crippen LogP contribution in [0.4, 0.5) is 0 Å². The number of guanidine groups is 3. The maximum absolute atomic E-state index is 13.5. The molecule has 0 aromatic carbocycles. The highest BCUT2D eigenvalue weighted by Gasteiger charge is 2.63. The summed E-state index contributed by atoms with van der Waals surface area (Å²) in [4.78, 5) is 52.2. The van der Waals surface area contributed by atoms with Gasteiger partial charge < -0.3 is 246 Å². The summed E-state index contributed by atoms with van der Waals surface area (Å²) in [5.74, 6) is -2.68. The normalized spacial score (nSPS) is 43.1. The van der Waals surface area contributed by atoms with E-state index >= 15 is 0 Å². The molecule has 0 amide bonds. The highest BCUT2D eigenvalue weighted by Crippen LogP contribution is 2.47. The number of hydrogen-bond acceptors (Lipinski definition) is 47. The first kappa shape index (κ1) is 115. The molecule has 0 radical (unpaired) electrons. The number of ether oxygens (including phenoxy) is 12. The number of nitrogens with one attached hydrogen (secondary N) is 7. The molecule has 4 saturated heterocycles. The van der Waals surface area contributed by atoms with E-state index in [0.717, 1.165) is 13.1 Å². The van der Waals surface area contributed by atoms with E-state index in [1.54, 1.807) is 21.1 Å². The first-order valence-electron chi connectivity index (χ1n) is 48.7. The highest BCUT2D eigenvalue weighted by molar-refractivity contribution is 5.93. The van der Waals surface area contributed by atoms with Crippen molar-refractivity contribution in [3.05, 3.63) is 35.5 Å². The molecule has 7 unspecified atom stereocenters. The van der Waals surface area contributed by atoms with Gasteiger partial charge >= 0.3 is 0 Å². The molecule has 37 atom stereocenters. The summed E-state index contributed by atoms with van der Waals surface area (Å²) in [6, 6.07) is -7.35. The lowest BCUT2D eigenvalue weighted by Gasteiger charge is -2.49. The summed E-state index contributed by atoms with van der Waals surface area (Å²) < 4.78 is 73.1. The molecule has 6 saturated carbocycles. The minimum Gasteiger partial charge on any atom is -0.467 e. The van der Waals surface area contributed by atoms with Crippen LogP contribution in [0.2, 0.25) is 0 Å². The van der Waals surface area contributed by atoms with Gasteiger partial charge in [-0.15, -0.1) is 0 Å². The number of aliphatic hydroxyl groups is 14. The van der Waals surface area contributed by atoms with Crippen LogP contribution in [-0.4, -0.2) is 442 Å². The number of hydrogen-bond donors (Lipinski definition) is 35. The van der Waals surface area contributed by atoms with E-state index in [0.29, 0.717) is 62.5 Å². The average Bonchev–Trinajstić information content (AvgIpc) is 1.61. The summed E-state index contributed by atoms with van der Waals surface area (Å²) >= 11 is 0. The Hall–Kier alpha value is -6.08. The van der Waals surface area contributed by atoms with Gasteiger partial charge in [-0.25, -0.2) is 4.99 Å². The molecule has 53 heteroatoms. The van der Waals surface area contributed by atoms with Crippen molar-refractivity contribution in [2.75, 3.05) is 99.9 Å². The number of carbonyl (C=O) groups is 3. The molecular formula is C88H162N24O29. The molecule has 6 aliphatic carbocycles. The monoisotopic (exact) mass is 2020 g/mol. The van der Waals surface area contributed by atoms with Crippen molar-refractivity contribution in [3.63, 3.8) is 0 Å². The quantitative estimate of drug-likeness (QED) is 0.0199. The molecule has 13 aliphatic rings. The molecule has 13 rings (SSSR count). The Morgan fingerprint density at radius 3 is 1.04 bits per heavy atom. The number of rotatable bonds is 42. The lowest BCUT2D eigenvalue weighted by Crippen LogP contribution is -2.67. The summed E-state index contributed by atoms with van der Waals surface area (Å²) in [5, 5.41) is 176. The minimum atomic E-state index is -1.78. The molecule has 0 aromatic heterocycles. The molecular weight excluding hydrogens is 1860 g/mol. The highest BCUT2D eigenvalue weighted by atomic mass is 16.7.